The number of hydrogen-bond acceptors (Lipinski definition) is 4. The van der Waals surface area contributed by atoms with Crippen molar-refractivity contribution in [2.45, 2.75) is 0 Å². The molecule has 5 nitrogen and oxygen atoms in total. The van der Waals surface area contributed by atoms with Gasteiger partial charge in [0.1, 0.15) is 11.6 Å². The molecule has 2 rings (SSSR count). The molecule has 2 aromatic rings. The highest BCUT2D eigenvalue weighted by molar-refractivity contribution is 5.96. The second kappa shape index (κ2) is 3.85. The lowest BCUT2D eigenvalue weighted by Crippen LogP contribution is -2.01. The molecule has 0 atom stereocenters. The molecule has 0 amide bonds. The number of aromatic carboxylic acids is 1. The highest BCUT2D eigenvalue weighted by Gasteiger charge is 2.23. The molecule has 3 N–H and O–H groups in total. The van der Waals surface area contributed by atoms with Gasteiger partial charge >= 0.3 is 5.97 Å². The molecule has 17 heavy (non-hydrogen) atoms. The van der Waals surface area contributed by atoms with Crippen LogP contribution in [0.2, 0.25) is 0 Å². The Kier molecular flexibility index (Phi) is 2.51. The molecule has 0 aliphatic heterocycles. The third-order valence-electron chi connectivity index (χ3n) is 2.12. The average Bonchev–Trinajstić information content (AvgIpc) is 2.60. The van der Waals surface area contributed by atoms with Crippen LogP contribution in [0.5, 0.6) is 0 Å². The molecule has 0 saturated carbocycles. The first kappa shape index (κ1) is 11.1. The van der Waals surface area contributed by atoms with Gasteiger partial charge in [-0.05, 0) is 12.1 Å². The van der Waals surface area contributed by atoms with Crippen molar-refractivity contribution < 1.29 is 23.2 Å². The second-order valence-electron chi connectivity index (χ2n) is 3.20. The van der Waals surface area contributed by atoms with E-state index in [1.807, 2.05) is 0 Å². The van der Waals surface area contributed by atoms with Crippen molar-refractivity contribution in [3.63, 3.8) is 0 Å². The Morgan fingerprint density at radius 2 is 2.12 bits per heavy atom. The van der Waals surface area contributed by atoms with Crippen molar-refractivity contribution in [2.75, 3.05) is 5.73 Å². The lowest BCUT2D eigenvalue weighted by atomic mass is 10.0. The predicted molar refractivity (Wildman–Crippen MR) is 53.2 cm³/mol. The van der Waals surface area contributed by atoms with Gasteiger partial charge in [-0.3, -0.25) is 0 Å². The third kappa shape index (κ3) is 1.82. The van der Waals surface area contributed by atoms with Crippen LogP contribution >= 0.6 is 0 Å². The van der Waals surface area contributed by atoms with Crippen LogP contribution in [0, 0.1) is 11.6 Å². The van der Waals surface area contributed by atoms with Gasteiger partial charge in [0.15, 0.2) is 0 Å². The van der Waals surface area contributed by atoms with Crippen molar-refractivity contribution in [2.24, 2.45) is 0 Å². The number of nitrogen functional groups attached to an aromatic ring is 1. The zero-order valence-corrected chi connectivity index (χ0v) is 8.28. The number of nitrogens with zero attached hydrogens (tertiary/aromatic N) is 1. The summed E-state index contributed by atoms with van der Waals surface area (Å²) in [7, 11) is 0. The van der Waals surface area contributed by atoms with Gasteiger partial charge in [-0.25, -0.2) is 13.6 Å². The first-order valence-corrected chi connectivity index (χ1v) is 4.44. The molecule has 7 heteroatoms. The molecule has 88 valence electrons. The lowest BCUT2D eigenvalue weighted by Gasteiger charge is -2.01. The fourth-order valence-corrected chi connectivity index (χ4v) is 1.40. The molecule has 0 aliphatic rings. The maximum Gasteiger partial charge on any atom is 0.358 e. The summed E-state index contributed by atoms with van der Waals surface area (Å²) >= 11 is 0. The predicted octanol–water partition coefficient (Wildman–Crippen LogP) is 1.90. The van der Waals surface area contributed by atoms with Gasteiger partial charge in [-0.15, -0.1) is 0 Å². The van der Waals surface area contributed by atoms with E-state index in [-0.39, 0.29) is 17.0 Å². The normalized spacial score (nSPS) is 10.5. The summed E-state index contributed by atoms with van der Waals surface area (Å²) in [6, 6.07) is 2.67. The summed E-state index contributed by atoms with van der Waals surface area (Å²) in [4.78, 5) is 10.8. The van der Waals surface area contributed by atoms with Crippen LogP contribution < -0.4 is 5.73 Å². The summed E-state index contributed by atoms with van der Waals surface area (Å²) in [5, 5.41) is 12.0. The van der Waals surface area contributed by atoms with Gasteiger partial charge in [0.2, 0.25) is 11.6 Å². The van der Waals surface area contributed by atoms with E-state index in [1.54, 1.807) is 0 Å². The molecule has 1 aromatic carbocycles. The van der Waals surface area contributed by atoms with E-state index in [2.05, 4.69) is 9.68 Å². The molecule has 0 bridgehead atoms. The molecule has 1 aromatic heterocycles. The maximum absolute atomic E-state index is 13.5. The Balaban J connectivity index is 2.67. The Hall–Kier alpha value is -2.44. The maximum atomic E-state index is 13.5. The van der Waals surface area contributed by atoms with Gasteiger partial charge in [0.25, 0.3) is 0 Å². The summed E-state index contributed by atoms with van der Waals surface area (Å²) in [6.45, 7) is 0. The van der Waals surface area contributed by atoms with Crippen LogP contribution in [-0.4, -0.2) is 16.2 Å². The number of rotatable bonds is 2. The molecule has 0 unspecified atom stereocenters. The smallest absolute Gasteiger partial charge is 0.358 e. The summed E-state index contributed by atoms with van der Waals surface area (Å²) in [6.07, 6.45) is 0. The van der Waals surface area contributed by atoms with E-state index < -0.39 is 23.3 Å². The second-order valence-corrected chi connectivity index (χ2v) is 3.20. The molecule has 1 heterocycles. The quantitative estimate of drug-likeness (QED) is 0.836. The molecular formula is C10H6F2N2O3. The largest absolute Gasteiger partial charge is 0.476 e. The minimum absolute atomic E-state index is 0.178. The van der Waals surface area contributed by atoms with Crippen LogP contribution in [0.25, 0.3) is 11.1 Å². The van der Waals surface area contributed by atoms with Gasteiger partial charge in [0.05, 0.1) is 5.56 Å². The number of carbonyl (C=O) groups is 1. The number of carboxylic acid groups (broad SMARTS) is 1. The highest BCUT2D eigenvalue weighted by atomic mass is 19.1. The molecule has 0 aliphatic carbocycles. The summed E-state index contributed by atoms with van der Waals surface area (Å²) in [5.41, 5.74) is 4.47. The van der Waals surface area contributed by atoms with Crippen LogP contribution in [0.1, 0.15) is 10.5 Å². The molecular weight excluding hydrogens is 234 g/mol. The number of hydrogen-bond donors (Lipinski definition) is 2. The first-order valence-electron chi connectivity index (χ1n) is 4.44. The van der Waals surface area contributed by atoms with Crippen LogP contribution in [0.3, 0.4) is 0 Å². The Bertz CT molecular complexity index is 595. The van der Waals surface area contributed by atoms with Gasteiger partial charge < -0.3 is 15.4 Å². The molecule has 0 saturated heterocycles. The minimum atomic E-state index is -1.41. The number of nitrogens with two attached hydrogens (primary N) is 1. The monoisotopic (exact) mass is 240 g/mol. The number of benzene rings is 1. The fourth-order valence-electron chi connectivity index (χ4n) is 1.40. The Labute approximate surface area is 93.4 Å². The van der Waals surface area contributed by atoms with Crippen molar-refractivity contribution in [3.8, 4) is 11.1 Å². The van der Waals surface area contributed by atoms with E-state index in [9.17, 15) is 13.6 Å². The van der Waals surface area contributed by atoms with Crippen LogP contribution in [-0.2, 0) is 0 Å². The fraction of sp³-hybridized carbons (Fsp3) is 0. The SMILES string of the molecule is Nc1onc(C(=O)O)c1-c1ccc(F)cc1F. The van der Waals surface area contributed by atoms with E-state index in [0.717, 1.165) is 12.1 Å². The minimum Gasteiger partial charge on any atom is -0.476 e. The van der Waals surface area contributed by atoms with Crippen molar-refractivity contribution in [1.29, 1.82) is 0 Å². The zero-order valence-electron chi connectivity index (χ0n) is 8.28. The molecule has 0 radical (unpaired) electrons. The van der Waals surface area contributed by atoms with E-state index in [0.29, 0.717) is 6.07 Å². The average molecular weight is 240 g/mol. The van der Waals surface area contributed by atoms with Crippen LogP contribution in [0.15, 0.2) is 22.7 Å². The number of carboxylic acids is 1. The Morgan fingerprint density at radius 1 is 1.41 bits per heavy atom. The van der Waals surface area contributed by atoms with Gasteiger partial charge in [0, 0.05) is 11.6 Å². The van der Waals surface area contributed by atoms with E-state index >= 15 is 0 Å². The van der Waals surface area contributed by atoms with Crippen LogP contribution in [0.4, 0.5) is 14.7 Å². The Morgan fingerprint density at radius 3 is 2.71 bits per heavy atom. The molecule has 0 spiro atoms. The van der Waals surface area contributed by atoms with Gasteiger partial charge in [-0.1, -0.05) is 5.16 Å². The van der Waals surface area contributed by atoms with Gasteiger partial charge in [-0.2, -0.15) is 0 Å². The number of aromatic nitrogens is 1. The van der Waals surface area contributed by atoms with E-state index in [4.69, 9.17) is 10.8 Å². The zero-order chi connectivity index (χ0) is 12.6. The van der Waals surface area contributed by atoms with E-state index in [1.165, 1.54) is 0 Å². The van der Waals surface area contributed by atoms with Crippen molar-refractivity contribution >= 4 is 11.9 Å². The summed E-state index contributed by atoms with van der Waals surface area (Å²) in [5.74, 6) is -3.47. The summed E-state index contributed by atoms with van der Waals surface area (Å²) < 4.78 is 30.7. The lowest BCUT2D eigenvalue weighted by molar-refractivity contribution is 0.0686. The van der Waals surface area contributed by atoms with Crippen molar-refractivity contribution in [3.05, 3.63) is 35.5 Å². The number of anilines is 1. The third-order valence-corrected chi connectivity index (χ3v) is 2.12. The standard InChI is InChI=1S/C10H6F2N2O3/c11-4-1-2-5(6(12)3-4)7-8(10(15)16)14-17-9(7)13/h1-3H,13H2,(H,15,16). The topological polar surface area (TPSA) is 89.4 Å². The number of halogens is 2. The van der Waals surface area contributed by atoms with Crippen molar-refractivity contribution in [1.82, 2.24) is 5.16 Å². The first-order chi connectivity index (χ1) is 8.00. The molecule has 0 fully saturated rings. The highest BCUT2D eigenvalue weighted by Crippen LogP contribution is 2.31.